The number of rotatable bonds is 7. The second-order valence-electron chi connectivity index (χ2n) is 5.71. The zero-order valence-corrected chi connectivity index (χ0v) is 12.2. The zero-order valence-electron chi connectivity index (χ0n) is 12.2. The lowest BCUT2D eigenvalue weighted by atomic mass is 9.95. The molecule has 20 heavy (non-hydrogen) atoms. The van der Waals surface area contributed by atoms with E-state index in [0.717, 1.165) is 18.9 Å². The Labute approximate surface area is 120 Å². The fraction of sp³-hybridized carbons (Fsp3) is 0.625. The summed E-state index contributed by atoms with van der Waals surface area (Å²) in [6.45, 7) is 3.31. The van der Waals surface area contributed by atoms with Gasteiger partial charge in [0, 0.05) is 18.2 Å². The fourth-order valence-electron chi connectivity index (χ4n) is 3.12. The monoisotopic (exact) mass is 276 g/mol. The van der Waals surface area contributed by atoms with E-state index in [1.54, 1.807) is 12.1 Å². The molecule has 2 atom stereocenters. The third-order valence-electron chi connectivity index (χ3n) is 4.27. The van der Waals surface area contributed by atoms with Crippen LogP contribution < -0.4 is 5.32 Å². The highest BCUT2D eigenvalue weighted by atomic mass is 16.6. The number of benzene rings is 1. The van der Waals surface area contributed by atoms with Crippen LogP contribution in [0.15, 0.2) is 24.3 Å². The number of nitro benzene ring substituents is 1. The lowest BCUT2D eigenvalue weighted by Crippen LogP contribution is -2.33. The van der Waals surface area contributed by atoms with Gasteiger partial charge in [-0.1, -0.05) is 25.5 Å². The second kappa shape index (κ2) is 7.39. The van der Waals surface area contributed by atoms with Gasteiger partial charge in [0.05, 0.1) is 4.92 Å². The number of aryl methyl sites for hydroxylation is 1. The van der Waals surface area contributed by atoms with Crippen LogP contribution in [0.2, 0.25) is 0 Å². The van der Waals surface area contributed by atoms with Crippen molar-refractivity contribution in [1.82, 2.24) is 5.32 Å². The molecule has 1 aromatic carbocycles. The molecule has 1 saturated carbocycles. The van der Waals surface area contributed by atoms with Crippen LogP contribution in [0.1, 0.15) is 44.6 Å². The molecule has 110 valence electrons. The summed E-state index contributed by atoms with van der Waals surface area (Å²) >= 11 is 0. The summed E-state index contributed by atoms with van der Waals surface area (Å²) in [7, 11) is 0. The Bertz CT molecular complexity index is 431. The fourth-order valence-corrected chi connectivity index (χ4v) is 3.12. The van der Waals surface area contributed by atoms with Gasteiger partial charge < -0.3 is 5.32 Å². The first kappa shape index (κ1) is 15.0. The summed E-state index contributed by atoms with van der Waals surface area (Å²) in [5.41, 5.74) is 1.38. The largest absolute Gasteiger partial charge is 0.314 e. The van der Waals surface area contributed by atoms with E-state index in [1.807, 2.05) is 12.1 Å². The zero-order chi connectivity index (χ0) is 14.4. The molecular formula is C16H24N2O2. The minimum Gasteiger partial charge on any atom is -0.314 e. The topological polar surface area (TPSA) is 55.2 Å². The number of non-ortho nitro benzene ring substituents is 1. The summed E-state index contributed by atoms with van der Waals surface area (Å²) in [6, 6.07) is 7.67. The molecule has 4 heteroatoms. The highest BCUT2D eigenvalue weighted by Gasteiger charge is 2.25. The van der Waals surface area contributed by atoms with E-state index in [1.165, 1.54) is 37.7 Å². The standard InChI is InChI=1S/C16H24N2O2/c1-2-12-17-16-5-3-4-14(16)9-6-13-7-10-15(11-8-13)18(19)20/h7-8,10-11,14,16-17H,2-6,9,12H2,1H3. The van der Waals surface area contributed by atoms with E-state index in [0.29, 0.717) is 6.04 Å². The molecule has 1 aliphatic carbocycles. The lowest BCUT2D eigenvalue weighted by molar-refractivity contribution is -0.384. The summed E-state index contributed by atoms with van der Waals surface area (Å²) in [5.74, 6) is 0.761. The van der Waals surface area contributed by atoms with E-state index in [2.05, 4.69) is 12.2 Å². The number of nitrogens with zero attached hydrogens (tertiary/aromatic N) is 1. The molecular weight excluding hydrogens is 252 g/mol. The maximum Gasteiger partial charge on any atom is 0.269 e. The van der Waals surface area contributed by atoms with Crippen molar-refractivity contribution in [3.8, 4) is 0 Å². The Morgan fingerprint density at radius 2 is 2.05 bits per heavy atom. The molecule has 0 radical (unpaired) electrons. The van der Waals surface area contributed by atoms with Crippen LogP contribution in [0, 0.1) is 16.0 Å². The SMILES string of the molecule is CCCNC1CCCC1CCc1ccc([N+](=O)[O-])cc1. The molecule has 0 heterocycles. The molecule has 2 unspecified atom stereocenters. The summed E-state index contributed by atoms with van der Waals surface area (Å²) in [5, 5.41) is 14.3. The van der Waals surface area contributed by atoms with Crippen LogP contribution in [-0.4, -0.2) is 17.5 Å². The van der Waals surface area contributed by atoms with Gasteiger partial charge in [0.2, 0.25) is 0 Å². The Balaban J connectivity index is 1.83. The number of hydrogen-bond donors (Lipinski definition) is 1. The molecule has 0 amide bonds. The first-order chi connectivity index (χ1) is 9.70. The Kier molecular flexibility index (Phi) is 5.53. The van der Waals surface area contributed by atoms with Crippen LogP contribution in [0.5, 0.6) is 0 Å². The maximum absolute atomic E-state index is 10.6. The van der Waals surface area contributed by atoms with Crippen molar-refractivity contribution in [2.24, 2.45) is 5.92 Å². The van der Waals surface area contributed by atoms with Gasteiger partial charge in [0.25, 0.3) is 5.69 Å². The molecule has 0 aromatic heterocycles. The maximum atomic E-state index is 10.6. The molecule has 1 N–H and O–H groups in total. The number of nitro groups is 1. The number of hydrogen-bond acceptors (Lipinski definition) is 3. The van der Waals surface area contributed by atoms with Crippen LogP contribution in [0.4, 0.5) is 5.69 Å². The van der Waals surface area contributed by atoms with Gasteiger partial charge in [-0.3, -0.25) is 10.1 Å². The Morgan fingerprint density at radius 1 is 1.30 bits per heavy atom. The second-order valence-corrected chi connectivity index (χ2v) is 5.71. The minimum absolute atomic E-state index is 0.178. The molecule has 1 aliphatic rings. The quantitative estimate of drug-likeness (QED) is 0.610. The Hall–Kier alpha value is -1.42. The van der Waals surface area contributed by atoms with E-state index in [-0.39, 0.29) is 10.6 Å². The highest BCUT2D eigenvalue weighted by Crippen LogP contribution is 2.29. The molecule has 2 rings (SSSR count). The highest BCUT2D eigenvalue weighted by molar-refractivity contribution is 5.32. The minimum atomic E-state index is -0.342. The normalized spacial score (nSPS) is 22.1. The van der Waals surface area contributed by atoms with Gasteiger partial charge in [-0.05, 0) is 50.1 Å². The van der Waals surface area contributed by atoms with Crippen molar-refractivity contribution in [3.05, 3.63) is 39.9 Å². The Morgan fingerprint density at radius 3 is 2.70 bits per heavy atom. The first-order valence-corrected chi connectivity index (χ1v) is 7.67. The van der Waals surface area contributed by atoms with Crippen molar-refractivity contribution in [3.63, 3.8) is 0 Å². The van der Waals surface area contributed by atoms with E-state index >= 15 is 0 Å². The van der Waals surface area contributed by atoms with E-state index < -0.39 is 0 Å². The van der Waals surface area contributed by atoms with Gasteiger partial charge in [0.1, 0.15) is 0 Å². The molecule has 0 aliphatic heterocycles. The van der Waals surface area contributed by atoms with Gasteiger partial charge >= 0.3 is 0 Å². The molecule has 0 bridgehead atoms. The molecule has 0 saturated heterocycles. The third-order valence-corrected chi connectivity index (χ3v) is 4.27. The van der Waals surface area contributed by atoms with Crippen molar-refractivity contribution >= 4 is 5.69 Å². The smallest absolute Gasteiger partial charge is 0.269 e. The average Bonchev–Trinajstić information content (AvgIpc) is 2.90. The van der Waals surface area contributed by atoms with Crippen LogP contribution in [0.25, 0.3) is 0 Å². The molecule has 1 fully saturated rings. The van der Waals surface area contributed by atoms with E-state index in [4.69, 9.17) is 0 Å². The summed E-state index contributed by atoms with van der Waals surface area (Å²) < 4.78 is 0. The van der Waals surface area contributed by atoms with Crippen molar-refractivity contribution in [1.29, 1.82) is 0 Å². The van der Waals surface area contributed by atoms with Gasteiger partial charge in [-0.2, -0.15) is 0 Å². The van der Waals surface area contributed by atoms with Crippen LogP contribution in [0.3, 0.4) is 0 Å². The predicted octanol–water partition coefficient (Wildman–Crippen LogP) is 3.70. The predicted molar refractivity (Wildman–Crippen MR) is 80.8 cm³/mol. The average molecular weight is 276 g/mol. The molecule has 1 aromatic rings. The third kappa shape index (κ3) is 4.04. The summed E-state index contributed by atoms with van der Waals surface area (Å²) in [6.07, 6.45) is 7.32. The lowest BCUT2D eigenvalue weighted by Gasteiger charge is -2.20. The summed E-state index contributed by atoms with van der Waals surface area (Å²) in [4.78, 5) is 10.3. The van der Waals surface area contributed by atoms with Crippen molar-refractivity contribution < 1.29 is 4.92 Å². The van der Waals surface area contributed by atoms with Crippen LogP contribution >= 0.6 is 0 Å². The van der Waals surface area contributed by atoms with E-state index in [9.17, 15) is 10.1 Å². The van der Waals surface area contributed by atoms with Crippen LogP contribution in [-0.2, 0) is 6.42 Å². The van der Waals surface area contributed by atoms with Crippen molar-refractivity contribution in [2.45, 2.75) is 51.5 Å². The van der Waals surface area contributed by atoms with Gasteiger partial charge in [0.15, 0.2) is 0 Å². The first-order valence-electron chi connectivity index (χ1n) is 7.67. The number of nitrogens with one attached hydrogen (secondary N) is 1. The van der Waals surface area contributed by atoms with Gasteiger partial charge in [-0.15, -0.1) is 0 Å². The van der Waals surface area contributed by atoms with Crippen molar-refractivity contribution in [2.75, 3.05) is 6.54 Å². The van der Waals surface area contributed by atoms with Gasteiger partial charge in [-0.25, -0.2) is 0 Å². The molecule has 4 nitrogen and oxygen atoms in total. The molecule has 0 spiro atoms.